The van der Waals surface area contributed by atoms with Crippen molar-refractivity contribution < 1.29 is 26.4 Å². The average Bonchev–Trinajstić information content (AvgIpc) is 3.15. The molecule has 0 unspecified atom stereocenters. The molecule has 1 amide bonds. The lowest BCUT2D eigenvalue weighted by Crippen LogP contribution is -2.34. The highest BCUT2D eigenvalue weighted by atomic mass is 35.5. The van der Waals surface area contributed by atoms with Gasteiger partial charge in [0.05, 0.1) is 16.1 Å². The molecule has 1 aromatic carbocycles. The molecular weight excluding hydrogens is 515 g/mol. The second kappa shape index (κ2) is 12.9. The number of nitrogens with zero attached hydrogens (tertiary/aromatic N) is 2. The van der Waals surface area contributed by atoms with Crippen molar-refractivity contribution in [1.82, 2.24) is 15.1 Å². The first-order valence-corrected chi connectivity index (χ1v) is 13.0. The Morgan fingerprint density at radius 1 is 1.14 bits per heavy atom. The number of carbonyl (C=O) groups excluding carboxylic acids is 1. The van der Waals surface area contributed by atoms with Crippen LogP contribution in [0.4, 0.5) is 13.2 Å². The van der Waals surface area contributed by atoms with E-state index in [-0.39, 0.29) is 23.0 Å². The number of aromatic nitrogens is 2. The summed E-state index contributed by atoms with van der Waals surface area (Å²) >= 11 is 5.84. The molecule has 1 aliphatic rings. The minimum atomic E-state index is -4.28. The number of aryl methyl sites for hydroxylation is 1. The van der Waals surface area contributed by atoms with Crippen molar-refractivity contribution in [2.24, 2.45) is 17.3 Å². The van der Waals surface area contributed by atoms with Crippen molar-refractivity contribution in [3.8, 4) is 11.3 Å². The zero-order valence-corrected chi connectivity index (χ0v) is 22.5. The number of halogens is 4. The van der Waals surface area contributed by atoms with Gasteiger partial charge in [-0.05, 0) is 43.6 Å². The van der Waals surface area contributed by atoms with E-state index in [4.69, 9.17) is 20.0 Å². The molecular formula is C25H33ClF3N3O3S. The summed E-state index contributed by atoms with van der Waals surface area (Å²) in [6.07, 6.45) is 0.194. The fraction of sp³-hybridized carbons (Fsp3) is 0.600. The first-order valence-electron chi connectivity index (χ1n) is 12.0. The zero-order valence-electron chi connectivity index (χ0n) is 21.0. The van der Waals surface area contributed by atoms with E-state index in [0.717, 1.165) is 18.8 Å². The van der Waals surface area contributed by atoms with Gasteiger partial charge in [0.1, 0.15) is 0 Å². The van der Waals surface area contributed by atoms with Gasteiger partial charge >= 0.3 is 17.7 Å². The van der Waals surface area contributed by atoms with Gasteiger partial charge in [0.25, 0.3) is 5.91 Å². The van der Waals surface area contributed by atoms with Crippen molar-refractivity contribution >= 4 is 29.1 Å². The first kappa shape index (κ1) is 30.0. The predicted octanol–water partition coefficient (Wildman–Crippen LogP) is 6.24. The largest absolute Gasteiger partial charge is 0.394 e. The Kier molecular flexibility index (Phi) is 10.7. The number of nitrogens with one attached hydrogen (secondary N) is 1. The molecule has 0 spiro atoms. The third-order valence-electron chi connectivity index (χ3n) is 6.74. The van der Waals surface area contributed by atoms with E-state index in [1.807, 2.05) is 6.92 Å². The summed E-state index contributed by atoms with van der Waals surface area (Å²) < 4.78 is 57.9. The van der Waals surface area contributed by atoms with Crippen molar-refractivity contribution in [2.45, 2.75) is 72.5 Å². The summed E-state index contributed by atoms with van der Waals surface area (Å²) in [5.74, 6) is 0.931. The van der Waals surface area contributed by atoms with Crippen LogP contribution in [0.15, 0.2) is 24.3 Å². The van der Waals surface area contributed by atoms with Gasteiger partial charge < -0.3 is 5.32 Å². The number of amides is 1. The van der Waals surface area contributed by atoms with Gasteiger partial charge in [0.2, 0.25) is 0 Å². The molecule has 1 heterocycles. The van der Waals surface area contributed by atoms with Crippen molar-refractivity contribution in [1.29, 1.82) is 0 Å². The third kappa shape index (κ3) is 7.65. The van der Waals surface area contributed by atoms with E-state index in [1.165, 1.54) is 26.7 Å². The van der Waals surface area contributed by atoms with Crippen LogP contribution in [-0.2, 0) is 24.5 Å². The van der Waals surface area contributed by atoms with Crippen LogP contribution in [-0.4, -0.2) is 36.8 Å². The standard InChI is InChI=1S/C25H33ClF3N3O.O2S/c1-5-32-22(19-12-10-17(11-13-19)14-24(3,4)25(27,28)29)20(26)21(31-32)23(33)30-15-18-8-6-16(2)7-9-18;1-3-2/h10-13,16,18H,5-9,14-15H2,1-4H3,(H,30,33);. The molecule has 1 N–H and O–H groups in total. The summed E-state index contributed by atoms with van der Waals surface area (Å²) in [7, 11) is 0. The minimum absolute atomic E-state index is 0.120. The van der Waals surface area contributed by atoms with Crippen molar-refractivity contribution in [2.75, 3.05) is 6.54 Å². The summed E-state index contributed by atoms with van der Waals surface area (Å²) in [6, 6.07) is 6.83. The van der Waals surface area contributed by atoms with Crippen LogP contribution in [0.25, 0.3) is 11.3 Å². The smallest absolute Gasteiger partial charge is 0.350 e. The molecule has 6 nitrogen and oxygen atoms in total. The molecule has 0 radical (unpaired) electrons. The quantitative estimate of drug-likeness (QED) is 0.445. The molecule has 0 aliphatic heterocycles. The van der Waals surface area contributed by atoms with E-state index >= 15 is 0 Å². The Balaban J connectivity index is 0.00000145. The van der Waals surface area contributed by atoms with Gasteiger partial charge in [-0.15, -0.1) is 0 Å². The zero-order chi connectivity index (χ0) is 27.1. The highest BCUT2D eigenvalue weighted by molar-refractivity contribution is 7.51. The topological polar surface area (TPSA) is 81.1 Å². The van der Waals surface area contributed by atoms with Crippen LogP contribution < -0.4 is 5.32 Å². The number of hydrogen-bond donors (Lipinski definition) is 1. The number of alkyl halides is 3. The van der Waals surface area contributed by atoms with Gasteiger partial charge in [-0.1, -0.05) is 69.5 Å². The summed E-state index contributed by atoms with van der Waals surface area (Å²) in [5.41, 5.74) is 0.249. The van der Waals surface area contributed by atoms with Crippen molar-refractivity contribution in [3.63, 3.8) is 0 Å². The second-order valence-electron chi connectivity index (χ2n) is 9.99. The monoisotopic (exact) mass is 547 g/mol. The van der Waals surface area contributed by atoms with Crippen LogP contribution in [0.3, 0.4) is 0 Å². The van der Waals surface area contributed by atoms with Crippen LogP contribution in [0.1, 0.15) is 69.4 Å². The van der Waals surface area contributed by atoms with Gasteiger partial charge in [0, 0.05) is 18.7 Å². The molecule has 11 heteroatoms. The van der Waals surface area contributed by atoms with E-state index in [0.29, 0.717) is 35.8 Å². The van der Waals surface area contributed by atoms with E-state index in [1.54, 1.807) is 28.9 Å². The van der Waals surface area contributed by atoms with Crippen LogP contribution in [0, 0.1) is 17.3 Å². The third-order valence-corrected chi connectivity index (χ3v) is 7.09. The molecule has 1 aromatic heterocycles. The van der Waals surface area contributed by atoms with Crippen molar-refractivity contribution in [3.05, 3.63) is 40.5 Å². The normalized spacial score (nSPS) is 18.2. The Morgan fingerprint density at radius 2 is 1.69 bits per heavy atom. The maximum atomic E-state index is 13.2. The molecule has 1 aliphatic carbocycles. The fourth-order valence-electron chi connectivity index (χ4n) is 4.33. The van der Waals surface area contributed by atoms with Gasteiger partial charge in [-0.25, -0.2) is 0 Å². The fourth-order valence-corrected chi connectivity index (χ4v) is 4.67. The second-order valence-corrected chi connectivity index (χ2v) is 10.5. The number of hydrogen-bond acceptors (Lipinski definition) is 4. The highest BCUT2D eigenvalue weighted by Crippen LogP contribution is 2.40. The first-order chi connectivity index (χ1) is 16.8. The Hall–Kier alpha value is -2.20. The van der Waals surface area contributed by atoms with E-state index in [2.05, 4.69) is 17.3 Å². The Bertz CT molecular complexity index is 1060. The predicted molar refractivity (Wildman–Crippen MR) is 134 cm³/mol. The van der Waals surface area contributed by atoms with E-state index in [9.17, 15) is 18.0 Å². The lowest BCUT2D eigenvalue weighted by Gasteiger charge is -2.27. The maximum Gasteiger partial charge on any atom is 0.394 e. The number of benzene rings is 1. The van der Waals surface area contributed by atoms with Gasteiger partial charge in [-0.3, -0.25) is 9.48 Å². The number of rotatable bonds is 7. The molecule has 1 fully saturated rings. The molecule has 2 aromatic rings. The summed E-state index contributed by atoms with van der Waals surface area (Å²) in [5, 5.41) is 7.66. The maximum absolute atomic E-state index is 13.2. The molecule has 3 rings (SSSR count). The minimum Gasteiger partial charge on any atom is -0.350 e. The Morgan fingerprint density at radius 3 is 2.19 bits per heavy atom. The molecule has 0 atom stereocenters. The molecule has 36 heavy (non-hydrogen) atoms. The van der Waals surface area contributed by atoms with Crippen LogP contribution in [0.2, 0.25) is 5.02 Å². The molecule has 200 valence electrons. The molecule has 0 saturated heterocycles. The van der Waals surface area contributed by atoms with E-state index < -0.39 is 23.2 Å². The van der Waals surface area contributed by atoms with Crippen LogP contribution in [0.5, 0.6) is 0 Å². The van der Waals surface area contributed by atoms with Gasteiger partial charge in [0.15, 0.2) is 5.69 Å². The SMILES string of the molecule is CCn1nc(C(=O)NCC2CCC(C)CC2)c(Cl)c1-c1ccc(CC(C)(C)C(F)(F)F)cc1.O=S=O. The lowest BCUT2D eigenvalue weighted by atomic mass is 9.83. The average molecular weight is 548 g/mol. The summed E-state index contributed by atoms with van der Waals surface area (Å²) in [6.45, 7) is 7.67. The highest BCUT2D eigenvalue weighted by Gasteiger charge is 2.46. The lowest BCUT2D eigenvalue weighted by molar-refractivity contribution is -0.211. The molecule has 1 saturated carbocycles. The van der Waals surface area contributed by atoms with Crippen LogP contribution >= 0.6 is 11.6 Å². The summed E-state index contributed by atoms with van der Waals surface area (Å²) in [4.78, 5) is 12.8. The number of carbonyl (C=O) groups is 1. The Labute approximate surface area is 218 Å². The molecule has 0 bridgehead atoms. The van der Waals surface area contributed by atoms with Gasteiger partial charge in [-0.2, -0.15) is 26.7 Å².